The predicted molar refractivity (Wildman–Crippen MR) is 128 cm³/mol. The highest BCUT2D eigenvalue weighted by Crippen LogP contribution is 2.33. The minimum atomic E-state index is -0.933. The van der Waals surface area contributed by atoms with Crippen LogP contribution in [0, 0.1) is 0 Å². The molecule has 0 saturated carbocycles. The number of hydrogen-bond acceptors (Lipinski definition) is 7. The summed E-state index contributed by atoms with van der Waals surface area (Å²) in [4.78, 5) is 14.9. The fourth-order valence-electron chi connectivity index (χ4n) is 3.09. The van der Waals surface area contributed by atoms with Crippen LogP contribution in [-0.2, 0) is 16.0 Å². The van der Waals surface area contributed by atoms with Crippen LogP contribution in [0.2, 0.25) is 0 Å². The smallest absolute Gasteiger partial charge is 0.333 e. The lowest BCUT2D eigenvalue weighted by atomic mass is 10.1. The molecule has 1 aliphatic rings. The Kier molecular flexibility index (Phi) is 10.5. The van der Waals surface area contributed by atoms with Crippen molar-refractivity contribution in [3.8, 4) is 5.75 Å². The first-order chi connectivity index (χ1) is 15.4. The lowest BCUT2D eigenvalue weighted by molar-refractivity contribution is -0.149. The van der Waals surface area contributed by atoms with Crippen LogP contribution in [-0.4, -0.2) is 55.2 Å². The van der Waals surface area contributed by atoms with Gasteiger partial charge in [-0.25, -0.2) is 4.79 Å². The number of carboxylic acids is 1. The van der Waals surface area contributed by atoms with Crippen molar-refractivity contribution in [2.24, 2.45) is 22.4 Å². The van der Waals surface area contributed by atoms with Crippen LogP contribution in [0.5, 0.6) is 5.75 Å². The summed E-state index contributed by atoms with van der Waals surface area (Å²) in [6, 6.07) is 16.1. The molecule has 3 rings (SSSR count). The Balaban J connectivity index is 0.000000654. The Hall–Kier alpha value is -3.11. The maximum Gasteiger partial charge on any atom is 0.333 e. The average Bonchev–Trinajstić information content (AvgIpc) is 2.80. The van der Waals surface area contributed by atoms with Gasteiger partial charge in [-0.1, -0.05) is 24.3 Å². The number of fused-ring (bicyclic) bond motifs is 1. The average molecular weight is 462 g/mol. The lowest BCUT2D eigenvalue weighted by Gasteiger charge is -2.30. The summed E-state index contributed by atoms with van der Waals surface area (Å²) in [5.74, 6) is 5.37. The summed E-state index contributed by atoms with van der Waals surface area (Å²) in [6.45, 7) is 4.65. The first-order valence-electron chi connectivity index (χ1n) is 10.3. The highest BCUT2D eigenvalue weighted by molar-refractivity contribution is 7.99. The van der Waals surface area contributed by atoms with Crippen LogP contribution in [0.15, 0.2) is 58.5 Å². The number of rotatable bonds is 9. The van der Waals surface area contributed by atoms with Crippen molar-refractivity contribution < 1.29 is 19.4 Å². The van der Waals surface area contributed by atoms with Gasteiger partial charge < -0.3 is 36.8 Å². The van der Waals surface area contributed by atoms with E-state index in [1.165, 1.54) is 10.6 Å². The molecule has 2 aromatic carbocycles. The molecular formula is C22H31N5O4S. The summed E-state index contributed by atoms with van der Waals surface area (Å²) in [6.07, 6.45) is -0.454. The number of thioether (sulfide) groups is 1. The Labute approximate surface area is 192 Å². The van der Waals surface area contributed by atoms with Gasteiger partial charge in [0.2, 0.25) is 5.96 Å². The number of guanidine groups is 1. The number of nitrogens with two attached hydrogens (primary N) is 3. The standard InChI is InChI=1S/C21H25NO4S.CH6N4/c1-2-25-19(21(23)24)15-16-7-9-17(10-8-16)26-13-11-22-12-14-27-20-6-4-3-5-18(20)22;2-1(3)5-4/h3-10,19H,2,11-15H2,1H3,(H,23,24);4H2,(H4,2,3,5). The minimum absolute atomic E-state index is 0.0926. The summed E-state index contributed by atoms with van der Waals surface area (Å²) in [5, 5.41) is 12.0. The SMILES string of the molecule is CCOC(Cc1ccc(OCCN2CCSc3ccccc32)cc1)C(=O)O.NN=C(N)N. The molecule has 7 N–H and O–H groups in total. The molecule has 0 spiro atoms. The molecule has 1 atom stereocenters. The summed E-state index contributed by atoms with van der Waals surface area (Å²) in [5.41, 5.74) is 11.6. The van der Waals surface area contributed by atoms with E-state index in [0.29, 0.717) is 19.6 Å². The highest BCUT2D eigenvalue weighted by atomic mass is 32.2. The van der Waals surface area contributed by atoms with E-state index < -0.39 is 12.1 Å². The van der Waals surface area contributed by atoms with Gasteiger partial charge in [0.15, 0.2) is 6.10 Å². The third-order valence-electron chi connectivity index (χ3n) is 4.59. The number of benzene rings is 2. The van der Waals surface area contributed by atoms with Crippen molar-refractivity contribution in [3.63, 3.8) is 0 Å². The molecular weight excluding hydrogens is 430 g/mol. The summed E-state index contributed by atoms with van der Waals surface area (Å²) >= 11 is 1.90. The zero-order valence-corrected chi connectivity index (χ0v) is 19.0. The molecule has 1 aliphatic heterocycles. The molecule has 0 bridgehead atoms. The van der Waals surface area contributed by atoms with Gasteiger partial charge in [-0.3, -0.25) is 0 Å². The Bertz CT molecular complexity index is 875. The van der Waals surface area contributed by atoms with E-state index in [9.17, 15) is 9.90 Å². The van der Waals surface area contributed by atoms with Crippen molar-refractivity contribution in [1.29, 1.82) is 0 Å². The van der Waals surface area contributed by atoms with Gasteiger partial charge in [0.25, 0.3) is 0 Å². The van der Waals surface area contributed by atoms with Crippen LogP contribution in [0.4, 0.5) is 5.69 Å². The van der Waals surface area contributed by atoms with Crippen molar-refractivity contribution in [1.82, 2.24) is 0 Å². The third kappa shape index (κ3) is 8.20. The highest BCUT2D eigenvalue weighted by Gasteiger charge is 2.18. The number of carbonyl (C=O) groups is 1. The van der Waals surface area contributed by atoms with Crippen LogP contribution in [0.25, 0.3) is 0 Å². The zero-order valence-electron chi connectivity index (χ0n) is 18.1. The number of hydrogen-bond donors (Lipinski definition) is 4. The molecule has 0 amide bonds. The van der Waals surface area contributed by atoms with Gasteiger partial charge >= 0.3 is 5.97 Å². The summed E-state index contributed by atoms with van der Waals surface area (Å²) < 4.78 is 11.1. The Morgan fingerprint density at radius 1 is 1.22 bits per heavy atom. The second-order valence-corrected chi connectivity index (χ2v) is 7.97. The van der Waals surface area contributed by atoms with Gasteiger partial charge in [0.1, 0.15) is 12.4 Å². The van der Waals surface area contributed by atoms with Crippen LogP contribution in [0.3, 0.4) is 0 Å². The molecule has 1 heterocycles. The van der Waals surface area contributed by atoms with Crippen molar-refractivity contribution in [3.05, 3.63) is 54.1 Å². The fourth-order valence-corrected chi connectivity index (χ4v) is 4.14. The Morgan fingerprint density at radius 3 is 2.53 bits per heavy atom. The maximum atomic E-state index is 11.2. The van der Waals surface area contributed by atoms with E-state index in [0.717, 1.165) is 30.2 Å². The van der Waals surface area contributed by atoms with Gasteiger partial charge in [-0.2, -0.15) is 0 Å². The topological polar surface area (TPSA) is 149 Å². The number of hydrazone groups is 1. The molecule has 10 heteroatoms. The number of ether oxygens (including phenoxy) is 2. The van der Waals surface area contributed by atoms with Gasteiger partial charge in [-0.15, -0.1) is 16.9 Å². The molecule has 9 nitrogen and oxygen atoms in total. The molecule has 0 aliphatic carbocycles. The third-order valence-corrected chi connectivity index (χ3v) is 5.63. The fraction of sp³-hybridized carbons (Fsp3) is 0.364. The normalized spacial score (nSPS) is 13.2. The molecule has 2 aromatic rings. The number of para-hydroxylation sites is 1. The first kappa shape index (κ1) is 25.2. The van der Waals surface area contributed by atoms with E-state index >= 15 is 0 Å². The predicted octanol–water partition coefficient (Wildman–Crippen LogP) is 1.84. The molecule has 0 fully saturated rings. The van der Waals surface area contributed by atoms with E-state index in [1.54, 1.807) is 6.92 Å². The van der Waals surface area contributed by atoms with E-state index in [2.05, 4.69) is 40.1 Å². The van der Waals surface area contributed by atoms with E-state index in [4.69, 9.17) is 20.9 Å². The maximum absolute atomic E-state index is 11.2. The van der Waals surface area contributed by atoms with Crippen molar-refractivity contribution >= 4 is 29.4 Å². The van der Waals surface area contributed by atoms with Crippen molar-refractivity contribution in [2.45, 2.75) is 24.3 Å². The lowest BCUT2D eigenvalue weighted by Crippen LogP contribution is -2.33. The quantitative estimate of drug-likeness (QED) is 0.190. The molecule has 32 heavy (non-hydrogen) atoms. The van der Waals surface area contributed by atoms with Gasteiger partial charge in [0, 0.05) is 30.2 Å². The zero-order chi connectivity index (χ0) is 23.3. The van der Waals surface area contributed by atoms with E-state index in [-0.39, 0.29) is 5.96 Å². The van der Waals surface area contributed by atoms with Crippen LogP contribution in [0.1, 0.15) is 12.5 Å². The molecule has 0 aromatic heterocycles. The molecule has 0 radical (unpaired) electrons. The van der Waals surface area contributed by atoms with Crippen molar-refractivity contribution in [2.75, 3.05) is 37.0 Å². The second-order valence-electron chi connectivity index (χ2n) is 6.84. The first-order valence-corrected chi connectivity index (χ1v) is 11.2. The summed E-state index contributed by atoms with van der Waals surface area (Å²) in [7, 11) is 0. The second kappa shape index (κ2) is 13.3. The largest absolute Gasteiger partial charge is 0.492 e. The number of nitrogens with zero attached hydrogens (tertiary/aromatic N) is 2. The molecule has 1 unspecified atom stereocenters. The number of carboxylic acid groups (broad SMARTS) is 1. The monoisotopic (exact) mass is 461 g/mol. The number of anilines is 1. The van der Waals surface area contributed by atoms with Gasteiger partial charge in [0.05, 0.1) is 12.2 Å². The van der Waals surface area contributed by atoms with E-state index in [1.807, 2.05) is 36.0 Å². The Morgan fingerprint density at radius 2 is 1.91 bits per heavy atom. The number of aliphatic carboxylic acids is 1. The molecule has 174 valence electrons. The van der Waals surface area contributed by atoms with Crippen LogP contribution < -0.4 is 26.9 Å². The van der Waals surface area contributed by atoms with Gasteiger partial charge in [-0.05, 0) is 36.8 Å². The minimum Gasteiger partial charge on any atom is -0.492 e. The molecule has 0 saturated heterocycles. The van der Waals surface area contributed by atoms with Crippen LogP contribution >= 0.6 is 11.8 Å².